The van der Waals surface area contributed by atoms with Crippen LogP contribution >= 0.6 is 11.6 Å². The molecule has 0 spiro atoms. The molecule has 0 heterocycles. The fraction of sp³-hybridized carbons (Fsp3) is 0.381. The van der Waals surface area contributed by atoms with Gasteiger partial charge in [-0.25, -0.2) is 13.1 Å². The summed E-state index contributed by atoms with van der Waals surface area (Å²) in [5.74, 6) is -0.0627. The van der Waals surface area contributed by atoms with Gasteiger partial charge in [0.2, 0.25) is 10.0 Å². The zero-order valence-electron chi connectivity index (χ0n) is 16.5. The molecule has 0 bridgehead atoms. The van der Waals surface area contributed by atoms with Gasteiger partial charge >= 0.3 is 0 Å². The third-order valence-electron chi connectivity index (χ3n) is 5.06. The van der Waals surface area contributed by atoms with Gasteiger partial charge in [0.05, 0.1) is 7.11 Å². The lowest BCUT2D eigenvalue weighted by molar-refractivity contribution is 0.0785. The van der Waals surface area contributed by atoms with Crippen molar-refractivity contribution >= 4 is 27.5 Å². The lowest BCUT2D eigenvalue weighted by Crippen LogP contribution is -2.33. The number of carbonyl (C=O) groups is 1. The minimum atomic E-state index is -3.79. The van der Waals surface area contributed by atoms with E-state index >= 15 is 0 Å². The molecule has 0 radical (unpaired) electrons. The normalized spacial score (nSPS) is 14.7. The van der Waals surface area contributed by atoms with E-state index in [-0.39, 0.29) is 28.2 Å². The fourth-order valence-electron chi connectivity index (χ4n) is 3.50. The highest BCUT2D eigenvalue weighted by Crippen LogP contribution is 2.28. The fourth-order valence-corrected chi connectivity index (χ4v) is 5.13. The molecule has 1 aliphatic rings. The predicted molar refractivity (Wildman–Crippen MR) is 113 cm³/mol. The van der Waals surface area contributed by atoms with Crippen LogP contribution < -0.4 is 9.46 Å². The molecule has 6 nitrogen and oxygen atoms in total. The van der Waals surface area contributed by atoms with Gasteiger partial charge in [0.25, 0.3) is 5.91 Å². The van der Waals surface area contributed by atoms with Crippen LogP contribution in [0.1, 0.15) is 41.6 Å². The molecule has 0 saturated heterocycles. The first-order chi connectivity index (χ1) is 13.8. The van der Waals surface area contributed by atoms with E-state index in [1.165, 1.54) is 24.1 Å². The van der Waals surface area contributed by atoms with E-state index in [0.717, 1.165) is 31.2 Å². The molecule has 2 aromatic carbocycles. The Labute approximate surface area is 176 Å². The van der Waals surface area contributed by atoms with E-state index in [0.29, 0.717) is 11.6 Å². The highest BCUT2D eigenvalue weighted by molar-refractivity contribution is 7.89. The van der Waals surface area contributed by atoms with E-state index in [9.17, 15) is 13.2 Å². The van der Waals surface area contributed by atoms with Crippen LogP contribution in [0.4, 0.5) is 0 Å². The van der Waals surface area contributed by atoms with Crippen molar-refractivity contribution in [2.24, 2.45) is 0 Å². The molecule has 3 rings (SSSR count). The maximum Gasteiger partial charge on any atom is 0.253 e. The van der Waals surface area contributed by atoms with E-state index in [1.807, 2.05) is 12.1 Å². The monoisotopic (exact) mass is 436 g/mol. The third kappa shape index (κ3) is 5.29. The molecule has 1 aliphatic carbocycles. The van der Waals surface area contributed by atoms with E-state index in [2.05, 4.69) is 4.72 Å². The number of halogens is 1. The van der Waals surface area contributed by atoms with E-state index in [4.69, 9.17) is 16.3 Å². The Hall–Kier alpha value is -2.09. The van der Waals surface area contributed by atoms with Crippen molar-refractivity contribution in [3.8, 4) is 5.75 Å². The largest absolute Gasteiger partial charge is 0.495 e. The number of carbonyl (C=O) groups excluding carboxylic acids is 1. The smallest absolute Gasteiger partial charge is 0.253 e. The summed E-state index contributed by atoms with van der Waals surface area (Å²) >= 11 is 5.90. The summed E-state index contributed by atoms with van der Waals surface area (Å²) in [4.78, 5) is 14.4. The topological polar surface area (TPSA) is 75.7 Å². The molecule has 0 aliphatic heterocycles. The summed E-state index contributed by atoms with van der Waals surface area (Å²) in [6.07, 6.45) is 3.67. The molecule has 2 aromatic rings. The van der Waals surface area contributed by atoms with Crippen molar-refractivity contribution in [3.05, 3.63) is 58.6 Å². The second-order valence-corrected chi connectivity index (χ2v) is 9.37. The highest BCUT2D eigenvalue weighted by atomic mass is 35.5. The van der Waals surface area contributed by atoms with Crippen molar-refractivity contribution in [3.63, 3.8) is 0 Å². The van der Waals surface area contributed by atoms with Crippen LogP contribution in [-0.4, -0.2) is 39.4 Å². The van der Waals surface area contributed by atoms with Crippen LogP contribution in [0.25, 0.3) is 0 Å². The Balaban J connectivity index is 1.83. The van der Waals surface area contributed by atoms with Crippen molar-refractivity contribution in [2.45, 2.75) is 43.2 Å². The molecular weight excluding hydrogens is 412 g/mol. The van der Waals surface area contributed by atoms with Crippen LogP contribution in [0.2, 0.25) is 5.02 Å². The molecule has 1 N–H and O–H groups in total. The maximum atomic E-state index is 12.9. The standard InChI is InChI=1S/C21H25ClN2O4S/c1-24(14-15-7-10-17(22)11-8-15)21(25)16-9-12-19(28-2)20(13-16)29(26,27)23-18-5-3-4-6-18/h7-13,18,23H,3-6,14H2,1-2H3. The summed E-state index contributed by atoms with van der Waals surface area (Å²) in [6, 6.07) is 11.6. The number of hydrogen-bond acceptors (Lipinski definition) is 4. The summed E-state index contributed by atoms with van der Waals surface area (Å²) in [7, 11) is -0.705. The Morgan fingerprint density at radius 1 is 1.17 bits per heavy atom. The van der Waals surface area contributed by atoms with Crippen molar-refractivity contribution in [1.82, 2.24) is 9.62 Å². The molecule has 0 unspecified atom stereocenters. The Bertz CT molecular complexity index is 971. The first kappa shape index (κ1) is 21.6. The molecule has 0 aromatic heterocycles. The lowest BCUT2D eigenvalue weighted by atomic mass is 10.1. The average molecular weight is 437 g/mol. The quantitative estimate of drug-likeness (QED) is 0.715. The first-order valence-corrected chi connectivity index (χ1v) is 11.4. The summed E-state index contributed by atoms with van der Waals surface area (Å²) < 4.78 is 33.8. The number of ether oxygens (including phenoxy) is 1. The van der Waals surface area contributed by atoms with Crippen LogP contribution in [0.5, 0.6) is 5.75 Å². The number of nitrogens with zero attached hydrogens (tertiary/aromatic N) is 1. The minimum Gasteiger partial charge on any atom is -0.495 e. The molecule has 1 fully saturated rings. The molecule has 8 heteroatoms. The molecular formula is C21H25ClN2O4S. The zero-order valence-corrected chi connectivity index (χ0v) is 18.1. The SMILES string of the molecule is COc1ccc(C(=O)N(C)Cc2ccc(Cl)cc2)cc1S(=O)(=O)NC1CCCC1. The van der Waals surface area contributed by atoms with Crippen LogP contribution in [0.3, 0.4) is 0 Å². The molecule has 156 valence electrons. The van der Waals surface area contributed by atoms with Gasteiger partial charge in [-0.05, 0) is 48.7 Å². The summed E-state index contributed by atoms with van der Waals surface area (Å²) in [5, 5.41) is 0.627. The summed E-state index contributed by atoms with van der Waals surface area (Å²) in [5.41, 5.74) is 1.21. The van der Waals surface area contributed by atoms with E-state index in [1.54, 1.807) is 25.2 Å². The number of hydrogen-bond donors (Lipinski definition) is 1. The highest BCUT2D eigenvalue weighted by Gasteiger charge is 2.27. The zero-order chi connectivity index (χ0) is 21.0. The minimum absolute atomic E-state index is 0.0161. The number of benzene rings is 2. The maximum absolute atomic E-state index is 12.9. The number of nitrogens with one attached hydrogen (secondary N) is 1. The Kier molecular flexibility index (Phi) is 6.82. The third-order valence-corrected chi connectivity index (χ3v) is 6.85. The molecule has 1 amide bonds. The number of methoxy groups -OCH3 is 1. The summed E-state index contributed by atoms with van der Waals surface area (Å²) in [6.45, 7) is 0.379. The average Bonchev–Trinajstić information content (AvgIpc) is 3.21. The second-order valence-electron chi connectivity index (χ2n) is 7.26. The van der Waals surface area contributed by atoms with Gasteiger partial charge in [-0.1, -0.05) is 36.6 Å². The molecule has 29 heavy (non-hydrogen) atoms. The Morgan fingerprint density at radius 2 is 1.83 bits per heavy atom. The number of amides is 1. The van der Waals surface area contributed by atoms with Gasteiger partial charge < -0.3 is 9.64 Å². The Morgan fingerprint density at radius 3 is 2.45 bits per heavy atom. The van der Waals surface area contributed by atoms with Gasteiger partial charge in [0, 0.05) is 30.2 Å². The van der Waals surface area contributed by atoms with Crippen molar-refractivity contribution < 1.29 is 17.9 Å². The second kappa shape index (κ2) is 9.15. The first-order valence-electron chi connectivity index (χ1n) is 9.50. The van der Waals surface area contributed by atoms with Gasteiger partial charge in [0.15, 0.2) is 0 Å². The predicted octanol–water partition coefficient (Wildman–Crippen LogP) is 3.84. The molecule has 1 saturated carbocycles. The van der Waals surface area contributed by atoms with E-state index < -0.39 is 10.0 Å². The van der Waals surface area contributed by atoms with Gasteiger partial charge in [-0.3, -0.25) is 4.79 Å². The van der Waals surface area contributed by atoms with Crippen molar-refractivity contribution in [1.29, 1.82) is 0 Å². The van der Waals surface area contributed by atoms with Gasteiger partial charge in [0.1, 0.15) is 10.6 Å². The molecule has 0 atom stereocenters. The van der Waals surface area contributed by atoms with Gasteiger partial charge in [-0.2, -0.15) is 0 Å². The number of sulfonamides is 1. The number of rotatable bonds is 7. The lowest BCUT2D eigenvalue weighted by Gasteiger charge is -2.19. The van der Waals surface area contributed by atoms with Crippen LogP contribution in [0, 0.1) is 0 Å². The van der Waals surface area contributed by atoms with Crippen molar-refractivity contribution in [2.75, 3.05) is 14.2 Å². The van der Waals surface area contributed by atoms with Crippen LogP contribution in [0.15, 0.2) is 47.4 Å². The van der Waals surface area contributed by atoms with Gasteiger partial charge in [-0.15, -0.1) is 0 Å². The van der Waals surface area contributed by atoms with Crippen LogP contribution in [-0.2, 0) is 16.6 Å².